The molecular formula is C16H21F2N3O4. The Morgan fingerprint density at radius 2 is 2.04 bits per heavy atom. The van der Waals surface area contributed by atoms with Crippen LogP contribution in [-0.4, -0.2) is 66.3 Å². The number of rotatable bonds is 4. The van der Waals surface area contributed by atoms with Crippen LogP contribution in [0.15, 0.2) is 12.1 Å². The highest BCUT2D eigenvalue weighted by molar-refractivity contribution is 5.68. The number of piperazine rings is 1. The Morgan fingerprint density at radius 1 is 1.36 bits per heavy atom. The Morgan fingerprint density at radius 3 is 2.64 bits per heavy atom. The second-order valence-corrected chi connectivity index (χ2v) is 6.85. The first-order chi connectivity index (χ1) is 11.7. The number of benzene rings is 1. The second kappa shape index (κ2) is 6.72. The van der Waals surface area contributed by atoms with E-state index < -0.39 is 16.9 Å². The van der Waals surface area contributed by atoms with Gasteiger partial charge in [0.05, 0.1) is 17.1 Å². The molecule has 1 N–H and O–H groups in total. The lowest BCUT2D eigenvalue weighted by Gasteiger charge is -2.36. The van der Waals surface area contributed by atoms with Crippen LogP contribution in [0.5, 0.6) is 5.75 Å². The summed E-state index contributed by atoms with van der Waals surface area (Å²) in [6, 6.07) is 3.08. The predicted octanol–water partition coefficient (Wildman–Crippen LogP) is 1.67. The number of ether oxygens (including phenoxy) is 1. The molecule has 1 fully saturated rings. The van der Waals surface area contributed by atoms with E-state index in [2.05, 4.69) is 0 Å². The van der Waals surface area contributed by atoms with E-state index in [0.29, 0.717) is 43.2 Å². The Kier molecular flexibility index (Phi) is 4.79. The Labute approximate surface area is 143 Å². The van der Waals surface area contributed by atoms with Gasteiger partial charge in [0.1, 0.15) is 18.0 Å². The van der Waals surface area contributed by atoms with Crippen molar-refractivity contribution in [1.82, 2.24) is 4.90 Å². The Hall–Kier alpha value is -2.00. The molecule has 9 heteroatoms. The molecular weight excluding hydrogens is 336 g/mol. The van der Waals surface area contributed by atoms with Crippen LogP contribution in [-0.2, 0) is 6.42 Å². The Balaban J connectivity index is 1.83. The van der Waals surface area contributed by atoms with E-state index in [4.69, 9.17) is 4.74 Å². The van der Waals surface area contributed by atoms with Crippen LogP contribution < -0.4 is 9.64 Å². The maximum Gasteiger partial charge on any atom is 0.293 e. The summed E-state index contributed by atoms with van der Waals surface area (Å²) >= 11 is 0. The van der Waals surface area contributed by atoms with Gasteiger partial charge in [-0.1, -0.05) is 0 Å². The summed E-state index contributed by atoms with van der Waals surface area (Å²) in [5.41, 5.74) is -0.0732. The number of halogens is 2. The largest absolute Gasteiger partial charge is 0.490 e. The van der Waals surface area contributed by atoms with Crippen LogP contribution in [0.3, 0.4) is 0 Å². The van der Waals surface area contributed by atoms with E-state index in [1.54, 1.807) is 17.9 Å². The predicted molar refractivity (Wildman–Crippen MR) is 87.6 cm³/mol. The number of aliphatic hydroxyl groups is 1. The van der Waals surface area contributed by atoms with Crippen molar-refractivity contribution in [2.75, 3.05) is 44.2 Å². The molecule has 7 nitrogen and oxygen atoms in total. The van der Waals surface area contributed by atoms with Crippen molar-refractivity contribution < 1.29 is 23.5 Å². The van der Waals surface area contributed by atoms with E-state index >= 15 is 0 Å². The van der Waals surface area contributed by atoms with Crippen LogP contribution in [0.25, 0.3) is 0 Å². The van der Waals surface area contributed by atoms with E-state index in [9.17, 15) is 24.0 Å². The Bertz CT molecular complexity index is 661. The zero-order valence-electron chi connectivity index (χ0n) is 14.0. The van der Waals surface area contributed by atoms with Gasteiger partial charge in [-0.25, -0.2) is 8.78 Å². The molecule has 3 rings (SSSR count). The van der Waals surface area contributed by atoms with Crippen molar-refractivity contribution >= 4 is 11.4 Å². The molecule has 2 heterocycles. The molecule has 25 heavy (non-hydrogen) atoms. The summed E-state index contributed by atoms with van der Waals surface area (Å²) in [6.07, 6.45) is -2.10. The minimum atomic E-state index is -2.38. The first-order valence-electron chi connectivity index (χ1n) is 8.17. The van der Waals surface area contributed by atoms with Crippen LogP contribution >= 0.6 is 0 Å². The van der Waals surface area contributed by atoms with Gasteiger partial charge in [-0.05, 0) is 6.92 Å². The van der Waals surface area contributed by atoms with Gasteiger partial charge in [0.15, 0.2) is 0 Å². The average Bonchev–Trinajstić information content (AvgIpc) is 2.53. The fourth-order valence-electron chi connectivity index (χ4n) is 3.33. The van der Waals surface area contributed by atoms with Gasteiger partial charge in [0.25, 0.3) is 12.1 Å². The minimum absolute atomic E-state index is 0.0534. The lowest BCUT2D eigenvalue weighted by atomic mass is 9.93. The van der Waals surface area contributed by atoms with E-state index in [-0.39, 0.29) is 25.3 Å². The molecule has 138 valence electrons. The van der Waals surface area contributed by atoms with Gasteiger partial charge < -0.3 is 14.7 Å². The van der Waals surface area contributed by atoms with E-state index in [1.165, 1.54) is 6.07 Å². The molecule has 1 aromatic rings. The quantitative estimate of drug-likeness (QED) is 0.652. The van der Waals surface area contributed by atoms with Crippen molar-refractivity contribution in [1.29, 1.82) is 0 Å². The van der Waals surface area contributed by atoms with Gasteiger partial charge in [-0.15, -0.1) is 0 Å². The van der Waals surface area contributed by atoms with Gasteiger partial charge in [-0.3, -0.25) is 15.0 Å². The van der Waals surface area contributed by atoms with Crippen LogP contribution in [0.4, 0.5) is 20.2 Å². The summed E-state index contributed by atoms with van der Waals surface area (Å²) in [5, 5.41) is 21.6. The van der Waals surface area contributed by atoms with Crippen LogP contribution in [0, 0.1) is 10.1 Å². The van der Waals surface area contributed by atoms with Crippen molar-refractivity contribution in [3.05, 3.63) is 27.8 Å². The fourth-order valence-corrected chi connectivity index (χ4v) is 3.33. The molecule has 2 aliphatic heterocycles. The molecule has 0 radical (unpaired) electrons. The first-order valence-corrected chi connectivity index (χ1v) is 8.17. The molecule has 0 amide bonds. The number of alkyl halides is 2. The second-order valence-electron chi connectivity index (χ2n) is 6.85. The molecule has 2 aliphatic rings. The molecule has 0 spiro atoms. The van der Waals surface area contributed by atoms with E-state index in [1.807, 2.05) is 4.90 Å². The number of nitro groups is 1. The van der Waals surface area contributed by atoms with Crippen LogP contribution in [0.1, 0.15) is 12.5 Å². The standard InChI is InChI=1S/C16H21F2N3O4/c1-16(22)8-11-6-13(21(23)24)12(7-14(11)25-10-16)20-4-2-19(3-5-20)9-15(17)18/h6-7,15,22H,2-5,8-10H2,1H3. The molecule has 1 unspecified atom stereocenters. The van der Waals surface area contributed by atoms with Gasteiger partial charge in [0.2, 0.25) is 0 Å². The highest BCUT2D eigenvalue weighted by atomic mass is 19.3. The first kappa shape index (κ1) is 17.8. The number of hydrogen-bond donors (Lipinski definition) is 1. The third kappa shape index (κ3) is 3.98. The molecule has 0 aliphatic carbocycles. The number of nitrogens with zero attached hydrogens (tertiary/aromatic N) is 3. The summed E-state index contributed by atoms with van der Waals surface area (Å²) in [5.74, 6) is 0.530. The third-order valence-corrected chi connectivity index (χ3v) is 4.57. The number of anilines is 1. The SMILES string of the molecule is CC1(O)COc2cc(N3CCN(CC(F)F)CC3)c([N+](=O)[O-])cc2C1. The highest BCUT2D eigenvalue weighted by Crippen LogP contribution is 2.39. The third-order valence-electron chi connectivity index (χ3n) is 4.57. The van der Waals surface area contributed by atoms with Gasteiger partial charge in [0, 0.05) is 50.3 Å². The topological polar surface area (TPSA) is 79.1 Å². The van der Waals surface area contributed by atoms with Gasteiger partial charge in [-0.2, -0.15) is 0 Å². The molecule has 1 saturated heterocycles. The monoisotopic (exact) mass is 357 g/mol. The average molecular weight is 357 g/mol. The fraction of sp³-hybridized carbons (Fsp3) is 0.625. The summed E-state index contributed by atoms with van der Waals surface area (Å²) < 4.78 is 30.5. The molecule has 0 aromatic heterocycles. The summed E-state index contributed by atoms with van der Waals surface area (Å²) in [7, 11) is 0. The minimum Gasteiger partial charge on any atom is -0.490 e. The van der Waals surface area contributed by atoms with Crippen molar-refractivity contribution in [2.45, 2.75) is 25.4 Å². The molecule has 1 atom stereocenters. The number of nitro benzene ring substituents is 1. The summed E-state index contributed by atoms with van der Waals surface area (Å²) in [4.78, 5) is 14.5. The lowest BCUT2D eigenvalue weighted by molar-refractivity contribution is -0.384. The van der Waals surface area contributed by atoms with Crippen molar-refractivity contribution in [3.63, 3.8) is 0 Å². The zero-order chi connectivity index (χ0) is 18.2. The number of fused-ring (bicyclic) bond motifs is 1. The normalized spacial score (nSPS) is 24.1. The zero-order valence-corrected chi connectivity index (χ0v) is 14.0. The maximum absolute atomic E-state index is 12.5. The van der Waals surface area contributed by atoms with Crippen molar-refractivity contribution in [2.24, 2.45) is 0 Å². The van der Waals surface area contributed by atoms with Gasteiger partial charge >= 0.3 is 0 Å². The smallest absolute Gasteiger partial charge is 0.293 e. The maximum atomic E-state index is 12.5. The molecule has 0 bridgehead atoms. The highest BCUT2D eigenvalue weighted by Gasteiger charge is 2.33. The van der Waals surface area contributed by atoms with Crippen molar-refractivity contribution in [3.8, 4) is 5.75 Å². The molecule has 1 aromatic carbocycles. The molecule has 0 saturated carbocycles. The summed E-state index contributed by atoms with van der Waals surface area (Å²) in [6.45, 7) is 3.19. The lowest BCUT2D eigenvalue weighted by Crippen LogP contribution is -2.48. The number of hydrogen-bond acceptors (Lipinski definition) is 6. The van der Waals surface area contributed by atoms with E-state index in [0.717, 1.165) is 0 Å². The van der Waals surface area contributed by atoms with Crippen LogP contribution in [0.2, 0.25) is 0 Å².